The number of benzene rings is 1. The van der Waals surface area contributed by atoms with Crippen molar-refractivity contribution in [1.82, 2.24) is 49.9 Å². The topological polar surface area (TPSA) is 203 Å². The smallest absolute Gasteiger partial charge is 0.407 e. The number of likely N-dealkylation sites (N-methyl/N-ethyl adjacent to an activating group) is 1. The maximum Gasteiger partial charge on any atom is 0.407 e. The maximum atomic E-state index is 13.6. The van der Waals surface area contributed by atoms with Crippen molar-refractivity contribution in [3.63, 3.8) is 0 Å². The second-order valence-corrected chi connectivity index (χ2v) is 16.6. The number of alkyl carbamates (subject to hydrolysis) is 1. The molecule has 54 heavy (non-hydrogen) atoms. The number of carbonyl (C=O) groups is 4. The summed E-state index contributed by atoms with van der Waals surface area (Å²) in [7, 11) is 2.72. The zero-order valence-corrected chi connectivity index (χ0v) is 32.6. The zero-order chi connectivity index (χ0) is 38.4. The summed E-state index contributed by atoms with van der Waals surface area (Å²) in [5.41, 5.74) is 3.16. The number of H-pyrrole nitrogens is 2. The van der Waals surface area contributed by atoms with Gasteiger partial charge in [0, 0.05) is 20.1 Å². The molecule has 1 unspecified atom stereocenters. The van der Waals surface area contributed by atoms with Crippen LogP contribution in [0.2, 0.25) is 0 Å². The van der Waals surface area contributed by atoms with Crippen LogP contribution in [-0.4, -0.2) is 113 Å². The van der Waals surface area contributed by atoms with Gasteiger partial charge in [0.2, 0.25) is 11.8 Å². The third kappa shape index (κ3) is 6.99. The van der Waals surface area contributed by atoms with E-state index < -0.39 is 24.3 Å². The molecule has 0 saturated carbocycles. The number of fused-ring (bicyclic) bond motifs is 2. The number of imidazole rings is 2. The van der Waals surface area contributed by atoms with Crippen LogP contribution >= 0.6 is 22.7 Å². The lowest BCUT2D eigenvalue weighted by atomic mass is 10.0. The monoisotopic (exact) mass is 776 g/mol. The van der Waals surface area contributed by atoms with Gasteiger partial charge in [0.1, 0.15) is 33.7 Å². The van der Waals surface area contributed by atoms with Crippen LogP contribution in [0.5, 0.6) is 0 Å². The van der Waals surface area contributed by atoms with E-state index in [0.29, 0.717) is 24.7 Å². The standard InChI is InChI=1S/C36H44N10O6S2/c1-17(2)27(43-35(49)52-6)33(47)45-11-7-9-23(45)29-37-15-21(39-29)31-41-19-13-26-20(14-25(19)53-31)42-32(54-26)22-16-38-30(40-22)24-10-8-12-46(24)34(48)28(18(3)4)44(5)36(50)51/h13-18,23-24,27-28H,7-12H2,1-6H3,(H,37,39)(H,38,40)(H,43,49)(H,50,51)/t23?,24-,27-,28+/m0/s1. The van der Waals surface area contributed by atoms with Gasteiger partial charge in [-0.3, -0.25) is 14.5 Å². The second kappa shape index (κ2) is 15.0. The number of hydrogen-bond acceptors (Lipinski definition) is 11. The maximum absolute atomic E-state index is 13.6. The summed E-state index contributed by atoms with van der Waals surface area (Å²) in [5.74, 6) is 0.653. The molecular weight excluding hydrogens is 733 g/mol. The van der Waals surface area contributed by atoms with E-state index >= 15 is 0 Å². The van der Waals surface area contributed by atoms with Gasteiger partial charge in [-0.2, -0.15) is 0 Å². The van der Waals surface area contributed by atoms with E-state index in [1.54, 1.807) is 22.2 Å². The fourth-order valence-electron chi connectivity index (χ4n) is 7.50. The zero-order valence-electron chi connectivity index (χ0n) is 31.0. The van der Waals surface area contributed by atoms with Gasteiger partial charge in [-0.15, -0.1) is 22.7 Å². The average Bonchev–Trinajstić information content (AvgIpc) is 3.98. The van der Waals surface area contributed by atoms with Crippen molar-refractivity contribution in [1.29, 1.82) is 0 Å². The van der Waals surface area contributed by atoms with Crippen molar-refractivity contribution in [2.24, 2.45) is 11.8 Å². The molecule has 2 aliphatic heterocycles. The summed E-state index contributed by atoms with van der Waals surface area (Å²) in [6, 6.07) is 2.04. The highest BCUT2D eigenvalue weighted by Gasteiger charge is 2.40. The molecule has 4 atom stereocenters. The molecule has 6 heterocycles. The predicted octanol–water partition coefficient (Wildman–Crippen LogP) is 6.03. The number of aromatic nitrogens is 6. The number of ether oxygens (including phenoxy) is 1. The lowest BCUT2D eigenvalue weighted by Gasteiger charge is -2.33. The first-order chi connectivity index (χ1) is 25.8. The molecule has 4 N–H and O–H groups in total. The van der Waals surface area contributed by atoms with Gasteiger partial charge in [-0.25, -0.2) is 29.5 Å². The van der Waals surface area contributed by atoms with Crippen molar-refractivity contribution in [3.05, 3.63) is 36.2 Å². The number of hydrogen-bond donors (Lipinski definition) is 4. The third-order valence-corrected chi connectivity index (χ3v) is 12.4. The Labute approximate surface area is 319 Å². The number of nitrogens with one attached hydrogen (secondary N) is 3. The van der Waals surface area contributed by atoms with E-state index in [1.807, 2.05) is 39.8 Å². The van der Waals surface area contributed by atoms with Gasteiger partial charge >= 0.3 is 12.2 Å². The Balaban J connectivity index is 1.08. The molecule has 2 saturated heterocycles. The molecule has 2 aliphatic rings. The Morgan fingerprint density at radius 1 is 0.852 bits per heavy atom. The first kappa shape index (κ1) is 37.2. The van der Waals surface area contributed by atoms with Crippen molar-refractivity contribution in [2.75, 3.05) is 27.2 Å². The average molecular weight is 777 g/mol. The van der Waals surface area contributed by atoms with Crippen LogP contribution in [0.3, 0.4) is 0 Å². The minimum atomic E-state index is -1.13. The van der Waals surface area contributed by atoms with Crippen LogP contribution in [-0.2, 0) is 14.3 Å². The third-order valence-electron chi connectivity index (χ3n) is 10.2. The van der Waals surface area contributed by atoms with Crippen molar-refractivity contribution in [2.45, 2.75) is 77.5 Å². The summed E-state index contributed by atoms with van der Waals surface area (Å²) < 4.78 is 6.68. The van der Waals surface area contributed by atoms with Crippen LogP contribution in [0.25, 0.3) is 41.8 Å². The predicted molar refractivity (Wildman–Crippen MR) is 204 cm³/mol. The van der Waals surface area contributed by atoms with Crippen LogP contribution in [0.15, 0.2) is 24.5 Å². The largest absolute Gasteiger partial charge is 0.465 e. The summed E-state index contributed by atoms with van der Waals surface area (Å²) in [5, 5.41) is 13.8. The van der Waals surface area contributed by atoms with E-state index in [2.05, 4.69) is 25.3 Å². The number of carboxylic acid groups (broad SMARTS) is 1. The molecule has 1 aromatic carbocycles. The Morgan fingerprint density at radius 2 is 1.35 bits per heavy atom. The van der Waals surface area contributed by atoms with Crippen molar-refractivity contribution < 1.29 is 29.0 Å². The molecule has 0 bridgehead atoms. The van der Waals surface area contributed by atoms with E-state index in [4.69, 9.17) is 14.7 Å². The summed E-state index contributed by atoms with van der Waals surface area (Å²) in [6.07, 6.45) is 4.83. The number of nitrogens with zero attached hydrogens (tertiary/aromatic N) is 7. The SMILES string of the molecule is COC(=O)N[C@H](C(=O)N1CCCC1c1ncc(-c2nc3cc4sc(-c5cnc([C@@H]6CCCN6C(=O)[C@@H](C(C)C)N(C)C(=O)O)[nH]5)nc4cc3s2)[nH]1)C(C)C. The van der Waals surface area contributed by atoms with Crippen LogP contribution < -0.4 is 5.32 Å². The fraction of sp³-hybridized carbons (Fsp3) is 0.500. The Morgan fingerprint density at radius 3 is 1.80 bits per heavy atom. The van der Waals surface area contributed by atoms with Crippen LogP contribution in [0.1, 0.15) is 77.1 Å². The van der Waals surface area contributed by atoms with Crippen LogP contribution in [0.4, 0.5) is 9.59 Å². The Hall–Kier alpha value is -5.10. The summed E-state index contributed by atoms with van der Waals surface area (Å²) in [6.45, 7) is 8.60. The molecule has 16 nitrogen and oxygen atoms in total. The number of likely N-dealkylation sites (tertiary alicyclic amines) is 2. The van der Waals surface area contributed by atoms with E-state index in [1.165, 1.54) is 36.8 Å². The number of amides is 4. The molecule has 0 radical (unpaired) electrons. The van der Waals surface area contributed by atoms with Crippen molar-refractivity contribution in [3.8, 4) is 21.4 Å². The molecule has 4 amide bonds. The van der Waals surface area contributed by atoms with Gasteiger partial charge in [0.15, 0.2) is 0 Å². The highest BCUT2D eigenvalue weighted by molar-refractivity contribution is 7.23. The number of rotatable bonds is 10. The fourth-order valence-corrected chi connectivity index (χ4v) is 9.40. The molecule has 2 fully saturated rings. The molecule has 0 aliphatic carbocycles. The van der Waals surface area contributed by atoms with E-state index in [9.17, 15) is 24.3 Å². The van der Waals surface area contributed by atoms with Gasteiger partial charge < -0.3 is 34.9 Å². The van der Waals surface area contributed by atoms with Crippen LogP contribution in [0, 0.1) is 11.8 Å². The Kier molecular flexibility index (Phi) is 10.3. The minimum Gasteiger partial charge on any atom is -0.465 e. The number of methoxy groups -OCH3 is 1. The van der Waals surface area contributed by atoms with Gasteiger partial charge in [0.25, 0.3) is 0 Å². The minimum absolute atomic E-state index is 0.122. The highest BCUT2D eigenvalue weighted by Crippen LogP contribution is 2.39. The molecule has 7 rings (SSSR count). The number of aromatic amines is 2. The second-order valence-electron chi connectivity index (χ2n) is 14.5. The summed E-state index contributed by atoms with van der Waals surface area (Å²) >= 11 is 3.05. The number of carbonyl (C=O) groups excluding carboxylic acids is 3. The summed E-state index contributed by atoms with van der Waals surface area (Å²) in [4.78, 5) is 81.5. The molecule has 4 aromatic heterocycles. The van der Waals surface area contributed by atoms with Gasteiger partial charge in [-0.05, 0) is 49.7 Å². The highest BCUT2D eigenvalue weighted by atomic mass is 32.1. The van der Waals surface area contributed by atoms with E-state index in [-0.39, 0.29) is 35.7 Å². The first-order valence-corrected chi connectivity index (χ1v) is 19.7. The molecule has 5 aromatic rings. The van der Waals surface area contributed by atoms with Gasteiger partial charge in [0.05, 0.1) is 63.4 Å². The number of thiazole rings is 2. The molecule has 286 valence electrons. The van der Waals surface area contributed by atoms with Gasteiger partial charge in [-0.1, -0.05) is 27.7 Å². The Bertz CT molecular complexity index is 2160. The molecule has 0 spiro atoms. The molecule has 18 heteroatoms. The van der Waals surface area contributed by atoms with E-state index in [0.717, 1.165) is 72.4 Å². The van der Waals surface area contributed by atoms with Crippen molar-refractivity contribution >= 4 is 67.1 Å². The normalized spacial score (nSPS) is 18.6. The quantitative estimate of drug-likeness (QED) is 0.130. The first-order valence-electron chi connectivity index (χ1n) is 18.1. The molecular formula is C36H44N10O6S2. The lowest BCUT2D eigenvalue weighted by Crippen LogP contribution is -2.51. The lowest BCUT2D eigenvalue weighted by molar-refractivity contribution is -0.138.